The molecule has 1 aromatic rings. The lowest BCUT2D eigenvalue weighted by Crippen LogP contribution is -2.17. The minimum Gasteiger partial charge on any atom is -0.465 e. The van der Waals surface area contributed by atoms with Crippen molar-refractivity contribution in [1.82, 2.24) is 0 Å². The Kier molecular flexibility index (Phi) is 6.30. The number of esters is 2. The molecule has 0 saturated heterocycles. The highest BCUT2D eigenvalue weighted by molar-refractivity contribution is 6.25. The number of carbonyl (C=O) groups is 3. The Balaban J connectivity index is 3.61. The molecule has 0 aliphatic heterocycles. The van der Waals surface area contributed by atoms with Crippen molar-refractivity contribution < 1.29 is 28.6 Å². The van der Waals surface area contributed by atoms with E-state index in [9.17, 15) is 19.6 Å². The molecule has 120 valence electrons. The Morgan fingerprint density at radius 2 is 1.61 bits per heavy atom. The van der Waals surface area contributed by atoms with Gasteiger partial charge in [-0.25, -0.2) is 14.4 Å². The minimum atomic E-state index is -0.999. The van der Waals surface area contributed by atoms with Gasteiger partial charge < -0.3 is 14.2 Å². The van der Waals surface area contributed by atoms with E-state index in [-0.39, 0.29) is 16.8 Å². The number of benzene rings is 1. The third-order valence-electron chi connectivity index (χ3n) is 2.76. The van der Waals surface area contributed by atoms with Gasteiger partial charge in [-0.1, -0.05) is 18.2 Å². The fraction of sp³-hybridized carbons (Fsp3) is 0.200. The number of nitriles is 1. The van der Waals surface area contributed by atoms with E-state index in [1.807, 2.05) is 0 Å². The van der Waals surface area contributed by atoms with Crippen molar-refractivity contribution in [3.63, 3.8) is 0 Å². The van der Waals surface area contributed by atoms with Crippen LogP contribution >= 0.6 is 0 Å². The minimum absolute atomic E-state index is 0.117. The fourth-order valence-electron chi connectivity index (χ4n) is 1.73. The number of amides is 1. The van der Waals surface area contributed by atoms with Crippen molar-refractivity contribution >= 4 is 29.3 Å². The Bertz CT molecular complexity index is 702. The maximum absolute atomic E-state index is 12.1. The molecule has 0 radical (unpaired) electrons. The Labute approximate surface area is 132 Å². The fourth-order valence-corrected chi connectivity index (χ4v) is 1.73. The van der Waals surface area contributed by atoms with Crippen LogP contribution in [0.5, 0.6) is 0 Å². The maximum Gasteiger partial charge on any atom is 0.411 e. The van der Waals surface area contributed by atoms with E-state index in [4.69, 9.17) is 0 Å². The van der Waals surface area contributed by atoms with E-state index >= 15 is 0 Å². The van der Waals surface area contributed by atoms with Crippen LogP contribution < -0.4 is 5.32 Å². The average Bonchev–Trinajstić information content (AvgIpc) is 2.58. The SMILES string of the molecule is COC(=O)Nc1ccccc1/C(C(=O)OC)=C(\C#N)C(=O)OC. The first kappa shape index (κ1) is 17.7. The van der Waals surface area contributed by atoms with Crippen molar-refractivity contribution in [2.75, 3.05) is 26.6 Å². The second-order valence-corrected chi connectivity index (χ2v) is 4.01. The van der Waals surface area contributed by atoms with Crippen molar-refractivity contribution in [1.29, 1.82) is 5.26 Å². The summed E-state index contributed by atoms with van der Waals surface area (Å²) in [6.45, 7) is 0. The van der Waals surface area contributed by atoms with Gasteiger partial charge in [0.15, 0.2) is 5.57 Å². The van der Waals surface area contributed by atoms with Gasteiger partial charge >= 0.3 is 18.0 Å². The zero-order valence-electron chi connectivity index (χ0n) is 12.7. The van der Waals surface area contributed by atoms with Gasteiger partial charge in [0.2, 0.25) is 0 Å². The van der Waals surface area contributed by atoms with E-state index in [1.54, 1.807) is 18.2 Å². The van der Waals surface area contributed by atoms with Gasteiger partial charge in [-0.15, -0.1) is 0 Å². The molecule has 0 fully saturated rings. The van der Waals surface area contributed by atoms with E-state index in [1.165, 1.54) is 19.2 Å². The molecular formula is C15H14N2O6. The van der Waals surface area contributed by atoms with Crippen LogP contribution in [-0.4, -0.2) is 39.4 Å². The molecule has 1 rings (SSSR count). The summed E-state index contributed by atoms with van der Waals surface area (Å²) >= 11 is 0. The first-order valence-corrected chi connectivity index (χ1v) is 6.25. The van der Waals surface area contributed by atoms with Crippen LogP contribution in [0.3, 0.4) is 0 Å². The normalized spacial score (nSPS) is 10.7. The van der Waals surface area contributed by atoms with Crippen molar-refractivity contribution in [3.8, 4) is 6.07 Å². The average molecular weight is 318 g/mol. The van der Waals surface area contributed by atoms with Crippen LogP contribution in [-0.2, 0) is 23.8 Å². The van der Waals surface area contributed by atoms with Crippen molar-refractivity contribution in [3.05, 3.63) is 35.4 Å². The molecule has 0 heterocycles. The number of anilines is 1. The molecule has 0 unspecified atom stereocenters. The number of rotatable bonds is 4. The first-order chi connectivity index (χ1) is 11.0. The third-order valence-corrected chi connectivity index (χ3v) is 2.76. The van der Waals surface area contributed by atoms with E-state index in [2.05, 4.69) is 19.5 Å². The Morgan fingerprint density at radius 3 is 2.13 bits per heavy atom. The van der Waals surface area contributed by atoms with Gasteiger partial charge in [-0.3, -0.25) is 5.32 Å². The number of hydrogen-bond donors (Lipinski definition) is 1. The van der Waals surface area contributed by atoms with Crippen molar-refractivity contribution in [2.45, 2.75) is 0 Å². The van der Waals surface area contributed by atoms with Gasteiger partial charge in [0.1, 0.15) is 6.07 Å². The summed E-state index contributed by atoms with van der Waals surface area (Å²) in [5, 5.41) is 11.6. The molecular weight excluding hydrogens is 304 g/mol. The van der Waals surface area contributed by atoms with Gasteiger partial charge in [-0.2, -0.15) is 5.26 Å². The molecule has 0 saturated carbocycles. The number of nitrogens with one attached hydrogen (secondary N) is 1. The summed E-state index contributed by atoms with van der Waals surface area (Å²) in [6.07, 6.45) is -0.779. The van der Waals surface area contributed by atoms with Gasteiger partial charge in [0.25, 0.3) is 0 Å². The second kappa shape index (κ2) is 8.19. The maximum atomic E-state index is 12.1. The summed E-state index contributed by atoms with van der Waals surface area (Å²) in [5.41, 5.74) is -0.588. The molecule has 8 nitrogen and oxygen atoms in total. The standard InChI is InChI=1S/C15H14N2O6/c1-21-13(18)10(8-16)12(14(19)22-2)9-6-4-5-7-11(9)17-15(20)23-3/h4-7H,1-3H3,(H,17,20)/b12-10-. The van der Waals surface area contributed by atoms with E-state index in [0.29, 0.717) is 0 Å². The highest BCUT2D eigenvalue weighted by atomic mass is 16.5. The summed E-state index contributed by atoms with van der Waals surface area (Å²) in [5.74, 6) is -1.92. The molecule has 1 amide bonds. The number of nitrogens with zero attached hydrogens (tertiary/aromatic N) is 1. The van der Waals surface area contributed by atoms with Crippen LogP contribution in [0.4, 0.5) is 10.5 Å². The van der Waals surface area contributed by atoms with Crippen LogP contribution in [0, 0.1) is 11.3 Å². The lowest BCUT2D eigenvalue weighted by molar-refractivity contribution is -0.137. The predicted octanol–water partition coefficient (Wildman–Crippen LogP) is 1.49. The van der Waals surface area contributed by atoms with Gasteiger partial charge in [0, 0.05) is 5.56 Å². The van der Waals surface area contributed by atoms with E-state index < -0.39 is 23.6 Å². The lowest BCUT2D eigenvalue weighted by atomic mass is 9.98. The van der Waals surface area contributed by atoms with Crippen LogP contribution in [0.1, 0.15) is 5.56 Å². The molecule has 0 aliphatic rings. The topological polar surface area (TPSA) is 115 Å². The van der Waals surface area contributed by atoms with Gasteiger partial charge in [0.05, 0.1) is 32.6 Å². The highest BCUT2D eigenvalue weighted by Gasteiger charge is 2.26. The smallest absolute Gasteiger partial charge is 0.411 e. The van der Waals surface area contributed by atoms with Crippen LogP contribution in [0.15, 0.2) is 29.8 Å². The van der Waals surface area contributed by atoms with Crippen LogP contribution in [0.25, 0.3) is 5.57 Å². The summed E-state index contributed by atoms with van der Waals surface area (Å²) < 4.78 is 13.6. The molecule has 0 spiro atoms. The zero-order valence-corrected chi connectivity index (χ0v) is 12.7. The van der Waals surface area contributed by atoms with Crippen LogP contribution in [0.2, 0.25) is 0 Å². The number of para-hydroxylation sites is 1. The molecule has 23 heavy (non-hydrogen) atoms. The largest absolute Gasteiger partial charge is 0.465 e. The molecule has 1 aromatic carbocycles. The summed E-state index contributed by atoms with van der Waals surface area (Å²) in [6, 6.07) is 7.69. The molecule has 1 N–H and O–H groups in total. The number of methoxy groups -OCH3 is 3. The Hall–Kier alpha value is -3.34. The molecule has 0 atom stereocenters. The highest BCUT2D eigenvalue weighted by Crippen LogP contribution is 2.28. The quantitative estimate of drug-likeness (QED) is 0.387. The van der Waals surface area contributed by atoms with Gasteiger partial charge in [-0.05, 0) is 6.07 Å². The molecule has 0 bridgehead atoms. The third kappa shape index (κ3) is 4.07. The Morgan fingerprint density at radius 1 is 1.00 bits per heavy atom. The number of ether oxygens (including phenoxy) is 3. The monoisotopic (exact) mass is 318 g/mol. The zero-order chi connectivity index (χ0) is 17.4. The summed E-state index contributed by atoms with van der Waals surface area (Å²) in [7, 11) is 3.35. The molecule has 0 aliphatic carbocycles. The predicted molar refractivity (Wildman–Crippen MR) is 79.0 cm³/mol. The number of carbonyl (C=O) groups excluding carboxylic acids is 3. The number of hydrogen-bond acceptors (Lipinski definition) is 7. The van der Waals surface area contributed by atoms with Crippen molar-refractivity contribution in [2.24, 2.45) is 0 Å². The summed E-state index contributed by atoms with van der Waals surface area (Å²) in [4.78, 5) is 35.2. The molecule has 0 aromatic heterocycles. The first-order valence-electron chi connectivity index (χ1n) is 6.25. The molecule has 8 heteroatoms. The van der Waals surface area contributed by atoms with E-state index in [0.717, 1.165) is 14.2 Å². The second-order valence-electron chi connectivity index (χ2n) is 4.01. The lowest BCUT2D eigenvalue weighted by Gasteiger charge is -2.13.